The molecule has 3 aliphatic rings. The number of aromatic hydroxyl groups is 2. The molecule has 1 aromatic carbocycles. The van der Waals surface area contributed by atoms with Gasteiger partial charge in [-0.3, -0.25) is 23.7 Å². The minimum atomic E-state index is -4.61. The Bertz CT molecular complexity index is 2610. The van der Waals surface area contributed by atoms with Crippen LogP contribution in [0.25, 0.3) is 0 Å². The van der Waals surface area contributed by atoms with Gasteiger partial charge in [0.05, 0.1) is 29.1 Å². The molecule has 22 heteroatoms. The summed E-state index contributed by atoms with van der Waals surface area (Å²) in [7, 11) is -6.00. The van der Waals surface area contributed by atoms with Crippen LogP contribution in [0.4, 0.5) is 5.69 Å². The van der Waals surface area contributed by atoms with Gasteiger partial charge in [0, 0.05) is 72.8 Å². The lowest BCUT2D eigenvalue weighted by atomic mass is 9.77. The molecule has 4 heterocycles. The number of aliphatic imine (C=N–C) groups is 1. The molecule has 3 aliphatic heterocycles. The summed E-state index contributed by atoms with van der Waals surface area (Å²) in [4.78, 5) is 44.2. The summed E-state index contributed by atoms with van der Waals surface area (Å²) in [6, 6.07) is 6.54. The molecule has 2 aromatic rings. The molecule has 0 fully saturated rings. The summed E-state index contributed by atoms with van der Waals surface area (Å²) in [6.45, 7) is 6.43. The maximum Gasteiger partial charge on any atom is 0.333 e. The van der Waals surface area contributed by atoms with Crippen molar-refractivity contribution in [3.8, 4) is 11.8 Å². The minimum absolute atomic E-state index is 0.0334. The molecule has 3 atom stereocenters. The molecule has 0 saturated heterocycles. The number of hydrogen-bond donors (Lipinski definition) is 5. The van der Waals surface area contributed by atoms with Crippen molar-refractivity contribution in [3.05, 3.63) is 108 Å². The zero-order chi connectivity index (χ0) is 48.6. The highest BCUT2D eigenvalue weighted by Crippen LogP contribution is 2.51. The molecule has 5 N–H and O–H groups in total. The number of likely N-dealkylation sites (N-methyl/N-ethyl adjacent to an activating group) is 1. The quantitative estimate of drug-likeness (QED) is 0.0333. The number of fused-ring (bicyclic) bond motifs is 2. The van der Waals surface area contributed by atoms with Crippen LogP contribution in [-0.2, 0) is 51.2 Å². The van der Waals surface area contributed by atoms with Crippen molar-refractivity contribution in [2.75, 3.05) is 43.7 Å². The number of hydrogen-bond acceptors (Lipinski definition) is 14. The number of hydroxylamine groups is 2. The van der Waals surface area contributed by atoms with E-state index >= 15 is 0 Å². The van der Waals surface area contributed by atoms with Crippen LogP contribution in [0.1, 0.15) is 71.3 Å². The predicted octanol–water partition coefficient (Wildman–Crippen LogP) is 5.22. The molecular weight excluding hydrogens is 919 g/mol. The van der Waals surface area contributed by atoms with Crippen molar-refractivity contribution in [2.24, 2.45) is 10.4 Å². The Labute approximate surface area is 387 Å². The SMILES string of the molecule is CON(C)C(=O)C1=CN(CCCS(=O)O)C2N=C(C=CC=CC=CC=C3N(CCCS(=O)(=O)O)c4ccc(S(=O)(=O)O)cc4C3(C)CCCCCC(=O)On3c(O)ccc3O)C(C)(C)C2=C1. The number of benzene rings is 1. The van der Waals surface area contributed by atoms with Gasteiger partial charge in [0.15, 0.2) is 11.1 Å². The standard InChI is InChI=1S/C44H57N5O14S3/c1-43(2)34-28-31(42(53)46(4)62-5)30-47(24-14-26-64(54)55)41(34)45-36(43)16-10-7-6-8-11-17-37-44(3,23-13-9-12-18-40(52)63-49-38(50)21-22-39(49)51)33-29-32(66(59,60)61)19-20-35(33)48(37)25-15-27-65(56,57)58/h6-8,10-11,16-17,19-22,28-30,41,50-51H,9,12-15,18,23-27H2,1-5H3,(H,54,55)(H,56,57,58)(H,59,60,61). The lowest BCUT2D eigenvalue weighted by molar-refractivity contribution is -0.163. The van der Waals surface area contributed by atoms with E-state index in [1.165, 1.54) is 38.4 Å². The molecule has 0 saturated carbocycles. The van der Waals surface area contributed by atoms with Gasteiger partial charge < -0.3 is 29.4 Å². The molecule has 1 amide bonds. The molecular formula is C44H57N5O14S3. The molecule has 0 spiro atoms. The van der Waals surface area contributed by atoms with E-state index in [9.17, 15) is 54.5 Å². The summed E-state index contributed by atoms with van der Waals surface area (Å²) >= 11 is -1.97. The fourth-order valence-electron chi connectivity index (χ4n) is 8.14. The highest BCUT2D eigenvalue weighted by molar-refractivity contribution is 7.86. The highest BCUT2D eigenvalue weighted by atomic mass is 32.2. The highest BCUT2D eigenvalue weighted by Gasteiger charge is 2.45. The van der Waals surface area contributed by atoms with Crippen LogP contribution in [0, 0.1) is 5.41 Å². The Hall–Kier alpha value is -5.36. The van der Waals surface area contributed by atoms with Crippen LogP contribution in [0.15, 0.2) is 112 Å². The van der Waals surface area contributed by atoms with Gasteiger partial charge >= 0.3 is 5.97 Å². The van der Waals surface area contributed by atoms with E-state index in [1.54, 1.807) is 36.6 Å². The Balaban J connectivity index is 1.37. The van der Waals surface area contributed by atoms with Crippen molar-refractivity contribution in [3.63, 3.8) is 0 Å². The summed E-state index contributed by atoms with van der Waals surface area (Å²) in [5.41, 5.74) is 2.37. The van der Waals surface area contributed by atoms with Gasteiger partial charge in [-0.2, -0.15) is 16.8 Å². The zero-order valence-electron chi connectivity index (χ0n) is 37.3. The normalized spacial score (nSPS) is 20.5. The predicted molar refractivity (Wildman–Crippen MR) is 248 cm³/mol. The first kappa shape index (κ1) is 51.6. The van der Waals surface area contributed by atoms with E-state index in [0.29, 0.717) is 65.9 Å². The van der Waals surface area contributed by atoms with Gasteiger partial charge in [0.2, 0.25) is 11.8 Å². The minimum Gasteiger partial charge on any atom is -0.492 e. The number of amides is 1. The zero-order valence-corrected chi connectivity index (χ0v) is 39.8. The van der Waals surface area contributed by atoms with Crippen LogP contribution >= 0.6 is 0 Å². The van der Waals surface area contributed by atoms with Gasteiger partial charge in [-0.05, 0) is 80.2 Å². The molecule has 5 rings (SSSR count). The molecule has 0 radical (unpaired) electrons. The van der Waals surface area contributed by atoms with Gasteiger partial charge in [0.25, 0.3) is 26.1 Å². The molecule has 1 aromatic heterocycles. The number of unbranched alkanes of at least 4 members (excludes halogenated alkanes) is 2. The topological polar surface area (TPSA) is 266 Å². The number of nitrogens with zero attached hydrogens (tertiary/aromatic N) is 5. The van der Waals surface area contributed by atoms with E-state index in [-0.39, 0.29) is 35.9 Å². The Morgan fingerprint density at radius 3 is 2.26 bits per heavy atom. The maximum absolute atomic E-state index is 13.1. The summed E-state index contributed by atoms with van der Waals surface area (Å²) in [6.07, 6.45) is 18.0. The van der Waals surface area contributed by atoms with E-state index in [4.69, 9.17) is 14.7 Å². The van der Waals surface area contributed by atoms with Gasteiger partial charge in [-0.1, -0.05) is 57.1 Å². The summed E-state index contributed by atoms with van der Waals surface area (Å²) in [5.74, 6) is -2.39. The largest absolute Gasteiger partial charge is 0.492 e. The van der Waals surface area contributed by atoms with Crippen molar-refractivity contribution in [2.45, 2.75) is 82.2 Å². The second kappa shape index (κ2) is 21.5. The second-order valence-electron chi connectivity index (χ2n) is 16.6. The van der Waals surface area contributed by atoms with E-state index in [2.05, 4.69) is 0 Å². The number of aromatic nitrogens is 1. The molecule has 0 aliphatic carbocycles. The lowest BCUT2D eigenvalue weighted by Crippen LogP contribution is -2.38. The van der Waals surface area contributed by atoms with Crippen molar-refractivity contribution < 1.29 is 64.2 Å². The van der Waals surface area contributed by atoms with Crippen molar-refractivity contribution in [1.29, 1.82) is 0 Å². The third-order valence-corrected chi connectivity index (χ3v) is 14.0. The number of rotatable bonds is 22. The number of allylic oxidation sites excluding steroid dienone is 8. The second-order valence-corrected chi connectivity index (χ2v) is 20.7. The third kappa shape index (κ3) is 12.5. The first-order chi connectivity index (χ1) is 31.0. The lowest BCUT2D eigenvalue weighted by Gasteiger charge is -2.34. The molecule has 66 heavy (non-hydrogen) atoms. The molecule has 19 nitrogen and oxygen atoms in total. The van der Waals surface area contributed by atoms with E-state index < -0.39 is 71.8 Å². The van der Waals surface area contributed by atoms with E-state index in [1.807, 2.05) is 54.9 Å². The van der Waals surface area contributed by atoms with Crippen LogP contribution in [0.3, 0.4) is 0 Å². The average molecular weight is 976 g/mol. The fourth-order valence-corrected chi connectivity index (χ4v) is 9.52. The Morgan fingerprint density at radius 2 is 1.61 bits per heavy atom. The Kier molecular flexibility index (Phi) is 16.8. The Morgan fingerprint density at radius 1 is 0.924 bits per heavy atom. The van der Waals surface area contributed by atoms with Gasteiger partial charge in [0.1, 0.15) is 6.17 Å². The maximum atomic E-state index is 13.1. The summed E-state index contributed by atoms with van der Waals surface area (Å²) < 4.78 is 88.9. The number of carbonyl (C=O) groups excluding carboxylic acids is 2. The summed E-state index contributed by atoms with van der Waals surface area (Å²) in [5, 5.41) is 20.7. The third-order valence-electron chi connectivity index (χ3n) is 11.7. The van der Waals surface area contributed by atoms with Crippen LogP contribution in [-0.4, -0.2) is 122 Å². The van der Waals surface area contributed by atoms with E-state index in [0.717, 1.165) is 16.3 Å². The molecule has 3 unspecified atom stereocenters. The first-order valence-electron chi connectivity index (χ1n) is 21.0. The van der Waals surface area contributed by atoms with Crippen molar-refractivity contribution >= 4 is 54.6 Å². The number of anilines is 1. The monoisotopic (exact) mass is 975 g/mol. The number of carbonyl (C=O) groups is 2. The van der Waals surface area contributed by atoms with Crippen LogP contribution in [0.5, 0.6) is 11.8 Å². The molecule has 360 valence electrons. The average Bonchev–Trinajstić information content (AvgIpc) is 3.78. The fraction of sp³-hybridized carbons (Fsp3) is 0.432. The van der Waals surface area contributed by atoms with Crippen LogP contribution < -0.4 is 9.74 Å². The molecule has 0 bridgehead atoms. The van der Waals surface area contributed by atoms with Crippen LogP contribution in [0.2, 0.25) is 0 Å². The first-order valence-corrected chi connectivity index (χ1v) is 25.4. The van der Waals surface area contributed by atoms with Gasteiger partial charge in [-0.15, -0.1) is 4.73 Å². The smallest absolute Gasteiger partial charge is 0.333 e. The van der Waals surface area contributed by atoms with Gasteiger partial charge in [-0.25, -0.2) is 14.1 Å². The van der Waals surface area contributed by atoms with Crippen molar-refractivity contribution in [1.82, 2.24) is 14.7 Å².